The van der Waals surface area contributed by atoms with E-state index in [0.717, 1.165) is 57.6 Å². The van der Waals surface area contributed by atoms with E-state index in [4.69, 9.17) is 16.3 Å². The third-order valence-corrected chi connectivity index (χ3v) is 5.65. The molecule has 0 aromatic heterocycles. The number of ether oxygens (including phenoxy) is 1. The van der Waals surface area contributed by atoms with E-state index in [1.54, 1.807) is 24.3 Å². The molecule has 160 valence electrons. The molecule has 5 nitrogen and oxygen atoms in total. The maximum absolute atomic E-state index is 12.2. The van der Waals surface area contributed by atoms with Crippen molar-refractivity contribution < 1.29 is 14.3 Å². The number of unbranched alkanes of at least 4 members (excludes halogenated alkanes) is 1. The Morgan fingerprint density at radius 2 is 1.63 bits per heavy atom. The summed E-state index contributed by atoms with van der Waals surface area (Å²) in [4.78, 5) is 25.7. The van der Waals surface area contributed by atoms with E-state index in [9.17, 15) is 9.59 Å². The summed E-state index contributed by atoms with van der Waals surface area (Å²) in [6.45, 7) is 5.67. The second-order valence-electron chi connectivity index (χ2n) is 7.74. The molecule has 0 atom stereocenters. The predicted molar refractivity (Wildman–Crippen MR) is 119 cm³/mol. The fraction of sp³-hybridized carbons (Fsp3) is 0.417. The van der Waals surface area contributed by atoms with Crippen molar-refractivity contribution in [2.24, 2.45) is 5.92 Å². The number of nitrogens with one attached hydrogen (secondary N) is 1. The molecule has 1 amide bonds. The average molecular weight is 429 g/mol. The van der Waals surface area contributed by atoms with Gasteiger partial charge in [0.25, 0.3) is 5.24 Å². The average Bonchev–Trinajstić information content (AvgIpc) is 2.76. The van der Waals surface area contributed by atoms with E-state index in [1.165, 1.54) is 5.56 Å². The van der Waals surface area contributed by atoms with Crippen molar-refractivity contribution in [1.82, 2.24) is 10.2 Å². The molecule has 0 spiro atoms. The van der Waals surface area contributed by atoms with Crippen molar-refractivity contribution in [2.75, 3.05) is 19.6 Å². The highest BCUT2D eigenvalue weighted by molar-refractivity contribution is 6.67. The summed E-state index contributed by atoms with van der Waals surface area (Å²) in [6, 6.07) is 14.8. The van der Waals surface area contributed by atoms with Crippen molar-refractivity contribution in [3.63, 3.8) is 0 Å². The molecule has 1 aliphatic heterocycles. The van der Waals surface area contributed by atoms with Gasteiger partial charge in [-0.25, -0.2) is 0 Å². The summed E-state index contributed by atoms with van der Waals surface area (Å²) in [7, 11) is 0. The number of hydrogen-bond acceptors (Lipinski definition) is 4. The number of piperidine rings is 1. The molecule has 0 saturated carbocycles. The highest BCUT2D eigenvalue weighted by Crippen LogP contribution is 2.24. The number of amides is 1. The quantitative estimate of drug-likeness (QED) is 0.451. The molecule has 3 rings (SSSR count). The number of carbonyl (C=O) groups is 2. The predicted octanol–water partition coefficient (Wildman–Crippen LogP) is 4.99. The van der Waals surface area contributed by atoms with Crippen LogP contribution in [0.4, 0.5) is 0 Å². The van der Waals surface area contributed by atoms with Gasteiger partial charge < -0.3 is 10.1 Å². The van der Waals surface area contributed by atoms with E-state index in [2.05, 4.69) is 29.3 Å². The highest BCUT2D eigenvalue weighted by Gasteiger charge is 2.24. The van der Waals surface area contributed by atoms with Crippen LogP contribution in [0.1, 0.15) is 48.5 Å². The first-order valence-corrected chi connectivity index (χ1v) is 11.0. The second kappa shape index (κ2) is 11.1. The van der Waals surface area contributed by atoms with Crippen LogP contribution in [-0.2, 0) is 11.3 Å². The summed E-state index contributed by atoms with van der Waals surface area (Å²) in [6.07, 6.45) is 3.98. The lowest BCUT2D eigenvalue weighted by atomic mass is 9.95. The molecule has 1 heterocycles. The number of rotatable bonds is 9. The molecule has 0 bridgehead atoms. The number of likely N-dealkylation sites (tertiary alicyclic amines) is 1. The lowest BCUT2D eigenvalue weighted by molar-refractivity contribution is -0.126. The molecule has 30 heavy (non-hydrogen) atoms. The minimum absolute atomic E-state index is 0.148. The van der Waals surface area contributed by atoms with Crippen LogP contribution in [0.2, 0.25) is 0 Å². The van der Waals surface area contributed by atoms with Gasteiger partial charge in [0.2, 0.25) is 5.91 Å². The normalized spacial score (nSPS) is 15.0. The molecule has 0 radical (unpaired) electrons. The molecule has 2 aromatic carbocycles. The van der Waals surface area contributed by atoms with E-state index < -0.39 is 5.24 Å². The van der Waals surface area contributed by atoms with E-state index >= 15 is 0 Å². The van der Waals surface area contributed by atoms with Crippen LogP contribution in [-0.4, -0.2) is 35.7 Å². The van der Waals surface area contributed by atoms with Gasteiger partial charge in [-0.2, -0.15) is 0 Å². The zero-order valence-electron chi connectivity index (χ0n) is 17.4. The summed E-state index contributed by atoms with van der Waals surface area (Å²) < 4.78 is 5.83. The zero-order valence-corrected chi connectivity index (χ0v) is 18.2. The molecule has 0 aliphatic carbocycles. The van der Waals surface area contributed by atoms with Gasteiger partial charge in [-0.1, -0.05) is 25.5 Å². The number of nitrogens with zero attached hydrogens (tertiary/aromatic N) is 1. The maximum Gasteiger partial charge on any atom is 0.252 e. The molecule has 6 heteroatoms. The van der Waals surface area contributed by atoms with Crippen molar-refractivity contribution in [1.29, 1.82) is 0 Å². The molecule has 0 unspecified atom stereocenters. The Hall–Kier alpha value is -2.37. The van der Waals surface area contributed by atoms with Gasteiger partial charge in [0.1, 0.15) is 11.5 Å². The van der Waals surface area contributed by atoms with Crippen LogP contribution in [0.5, 0.6) is 11.5 Å². The van der Waals surface area contributed by atoms with Crippen LogP contribution in [0, 0.1) is 5.92 Å². The van der Waals surface area contributed by atoms with E-state index in [-0.39, 0.29) is 11.8 Å². The molecule has 1 saturated heterocycles. The van der Waals surface area contributed by atoms with Crippen molar-refractivity contribution >= 4 is 22.8 Å². The molecule has 1 N–H and O–H groups in total. The summed E-state index contributed by atoms with van der Waals surface area (Å²) in [5.74, 6) is 1.76. The lowest BCUT2D eigenvalue weighted by Gasteiger charge is -2.31. The smallest absolute Gasteiger partial charge is 0.252 e. The molecule has 2 aromatic rings. The SMILES string of the molecule is CCCCNC(=O)C1CCN(Cc2ccc(Oc3ccc(C(=O)Cl)cc3)cc2)CC1. The van der Waals surface area contributed by atoms with Crippen LogP contribution in [0.25, 0.3) is 0 Å². The van der Waals surface area contributed by atoms with Gasteiger partial charge in [-0.3, -0.25) is 14.5 Å². The topological polar surface area (TPSA) is 58.6 Å². The van der Waals surface area contributed by atoms with Gasteiger partial charge >= 0.3 is 0 Å². The zero-order chi connectivity index (χ0) is 21.3. The first kappa shape index (κ1) is 22.3. The third-order valence-electron chi connectivity index (χ3n) is 5.43. The summed E-state index contributed by atoms with van der Waals surface area (Å²) in [5.41, 5.74) is 1.66. The van der Waals surface area contributed by atoms with Crippen molar-refractivity contribution in [3.05, 3.63) is 59.7 Å². The Balaban J connectivity index is 1.45. The van der Waals surface area contributed by atoms with E-state index in [1.807, 2.05) is 12.1 Å². The van der Waals surface area contributed by atoms with Gasteiger partial charge in [-0.15, -0.1) is 0 Å². The largest absolute Gasteiger partial charge is 0.457 e. The number of benzene rings is 2. The van der Waals surface area contributed by atoms with Crippen molar-refractivity contribution in [2.45, 2.75) is 39.2 Å². The second-order valence-corrected chi connectivity index (χ2v) is 8.08. The van der Waals surface area contributed by atoms with Crippen molar-refractivity contribution in [3.8, 4) is 11.5 Å². The maximum atomic E-state index is 12.2. The Morgan fingerprint density at radius 1 is 1.03 bits per heavy atom. The Labute approximate surface area is 183 Å². The fourth-order valence-corrected chi connectivity index (χ4v) is 3.72. The summed E-state index contributed by atoms with van der Waals surface area (Å²) >= 11 is 5.46. The fourth-order valence-electron chi connectivity index (χ4n) is 3.60. The van der Waals surface area contributed by atoms with Crippen LogP contribution in [0.3, 0.4) is 0 Å². The molecule has 1 aliphatic rings. The van der Waals surface area contributed by atoms with Gasteiger partial charge in [-0.05, 0) is 85.9 Å². The standard InChI is InChI=1S/C24H29ClN2O3/c1-2-3-14-26-24(29)20-12-15-27(16-13-20)17-18-4-8-21(9-5-18)30-22-10-6-19(7-11-22)23(25)28/h4-11,20H,2-3,12-17H2,1H3,(H,26,29). The number of halogens is 1. The van der Waals surface area contributed by atoms with E-state index in [0.29, 0.717) is 11.3 Å². The first-order chi connectivity index (χ1) is 14.5. The molecular weight excluding hydrogens is 400 g/mol. The molecular formula is C24H29ClN2O3. The van der Waals surface area contributed by atoms with Gasteiger partial charge in [0.05, 0.1) is 0 Å². The Kier molecular flexibility index (Phi) is 8.29. The highest BCUT2D eigenvalue weighted by atomic mass is 35.5. The van der Waals surface area contributed by atoms with Crippen LogP contribution in [0.15, 0.2) is 48.5 Å². The number of hydrogen-bond donors (Lipinski definition) is 1. The van der Waals surface area contributed by atoms with Gasteiger partial charge in [0, 0.05) is 24.6 Å². The third kappa shape index (κ3) is 6.57. The summed E-state index contributed by atoms with van der Waals surface area (Å²) in [5, 5.41) is 2.58. The van der Waals surface area contributed by atoms with Gasteiger partial charge in [0.15, 0.2) is 0 Å². The number of carbonyl (C=O) groups excluding carboxylic acids is 2. The lowest BCUT2D eigenvalue weighted by Crippen LogP contribution is -2.40. The van der Waals surface area contributed by atoms with Crippen LogP contribution < -0.4 is 10.1 Å². The Bertz CT molecular complexity index is 829. The minimum atomic E-state index is -0.480. The Morgan fingerprint density at radius 3 is 2.20 bits per heavy atom. The first-order valence-electron chi connectivity index (χ1n) is 10.6. The minimum Gasteiger partial charge on any atom is -0.457 e. The molecule has 1 fully saturated rings. The monoisotopic (exact) mass is 428 g/mol. The van der Waals surface area contributed by atoms with Crippen LogP contribution >= 0.6 is 11.6 Å².